The molecule has 1 aliphatic rings. The molecule has 3 atom stereocenters. The maximum Gasteiger partial charge on any atom is 0.0704 e. The van der Waals surface area contributed by atoms with E-state index in [1.54, 1.807) is 0 Å². The van der Waals surface area contributed by atoms with Crippen LogP contribution >= 0.6 is 11.3 Å². The van der Waals surface area contributed by atoms with Crippen molar-refractivity contribution in [2.75, 3.05) is 6.54 Å². The number of nitrogens with one attached hydrogen (secondary N) is 1. The van der Waals surface area contributed by atoms with Crippen LogP contribution in [0.3, 0.4) is 0 Å². The lowest BCUT2D eigenvalue weighted by Gasteiger charge is -2.17. The molecule has 0 aliphatic carbocycles. The highest BCUT2D eigenvalue weighted by molar-refractivity contribution is 7.12. The first kappa shape index (κ1) is 13.1. The van der Waals surface area contributed by atoms with Crippen LogP contribution in [0.1, 0.15) is 48.0 Å². The molecule has 0 spiro atoms. The van der Waals surface area contributed by atoms with Gasteiger partial charge in [-0.05, 0) is 52.2 Å². The molecule has 1 N–H and O–H groups in total. The molecule has 3 unspecified atom stereocenters. The molecule has 1 aliphatic heterocycles. The minimum absolute atomic E-state index is 0.410. The fraction of sp³-hybridized carbons (Fsp3) is 0.714. The fourth-order valence-corrected chi connectivity index (χ4v) is 3.56. The normalized spacial score (nSPS) is 26.4. The van der Waals surface area contributed by atoms with Crippen molar-refractivity contribution in [2.24, 2.45) is 0 Å². The summed E-state index contributed by atoms with van der Waals surface area (Å²) in [4.78, 5) is 2.83. The number of hydrogen-bond donors (Lipinski definition) is 1. The molecule has 0 saturated carbocycles. The van der Waals surface area contributed by atoms with Crippen molar-refractivity contribution in [2.45, 2.75) is 58.8 Å². The molecule has 1 aromatic heterocycles. The minimum Gasteiger partial charge on any atom is -0.374 e. The highest BCUT2D eigenvalue weighted by Crippen LogP contribution is 2.26. The summed E-state index contributed by atoms with van der Waals surface area (Å²) in [6, 6.07) is 2.73. The van der Waals surface area contributed by atoms with Crippen LogP contribution < -0.4 is 5.32 Å². The van der Waals surface area contributed by atoms with Gasteiger partial charge in [0.25, 0.3) is 0 Å². The van der Waals surface area contributed by atoms with Gasteiger partial charge >= 0.3 is 0 Å². The van der Waals surface area contributed by atoms with Gasteiger partial charge in [-0.2, -0.15) is 0 Å². The standard InChI is InChI=1S/C14H23NOS/c1-9-5-6-13(16-9)8-15-11(3)14-7-10(2)17-12(14)4/h7,9,11,13,15H,5-6,8H2,1-4H3. The Balaban J connectivity index is 1.85. The highest BCUT2D eigenvalue weighted by atomic mass is 32.1. The van der Waals surface area contributed by atoms with Crippen molar-refractivity contribution >= 4 is 11.3 Å². The summed E-state index contributed by atoms with van der Waals surface area (Å²) in [5.41, 5.74) is 1.44. The van der Waals surface area contributed by atoms with Crippen LogP contribution in [0.2, 0.25) is 0 Å². The van der Waals surface area contributed by atoms with Gasteiger partial charge in [-0.15, -0.1) is 11.3 Å². The second-order valence-corrected chi connectivity index (χ2v) is 6.61. The van der Waals surface area contributed by atoms with Gasteiger partial charge in [-0.25, -0.2) is 0 Å². The smallest absolute Gasteiger partial charge is 0.0704 e. The van der Waals surface area contributed by atoms with E-state index >= 15 is 0 Å². The number of ether oxygens (including phenoxy) is 1. The predicted molar refractivity (Wildman–Crippen MR) is 73.8 cm³/mol. The predicted octanol–water partition coefficient (Wildman–Crippen LogP) is 3.58. The van der Waals surface area contributed by atoms with Crippen LogP contribution in [-0.2, 0) is 4.74 Å². The number of aryl methyl sites for hydroxylation is 2. The number of thiophene rings is 1. The van der Waals surface area contributed by atoms with E-state index < -0.39 is 0 Å². The molecule has 0 aromatic carbocycles. The minimum atomic E-state index is 0.410. The van der Waals surface area contributed by atoms with Crippen molar-refractivity contribution in [1.82, 2.24) is 5.32 Å². The molecule has 1 saturated heterocycles. The lowest BCUT2D eigenvalue weighted by atomic mass is 10.1. The van der Waals surface area contributed by atoms with Crippen LogP contribution in [0, 0.1) is 13.8 Å². The van der Waals surface area contributed by atoms with E-state index in [1.807, 2.05) is 11.3 Å². The van der Waals surface area contributed by atoms with Crippen LogP contribution in [0.5, 0.6) is 0 Å². The van der Waals surface area contributed by atoms with E-state index in [-0.39, 0.29) is 0 Å². The van der Waals surface area contributed by atoms with E-state index in [0.29, 0.717) is 18.2 Å². The van der Waals surface area contributed by atoms with Gasteiger partial charge in [0.05, 0.1) is 12.2 Å². The van der Waals surface area contributed by atoms with Crippen molar-refractivity contribution in [1.29, 1.82) is 0 Å². The highest BCUT2D eigenvalue weighted by Gasteiger charge is 2.22. The van der Waals surface area contributed by atoms with Gasteiger partial charge < -0.3 is 10.1 Å². The summed E-state index contributed by atoms with van der Waals surface area (Å²) in [6.07, 6.45) is 3.26. The maximum absolute atomic E-state index is 5.82. The molecule has 3 heteroatoms. The molecule has 0 bridgehead atoms. The Morgan fingerprint density at radius 2 is 2.24 bits per heavy atom. The molecular weight excluding hydrogens is 230 g/mol. The zero-order valence-corrected chi connectivity index (χ0v) is 12.1. The Labute approximate surface area is 108 Å². The second-order valence-electron chi connectivity index (χ2n) is 5.14. The Morgan fingerprint density at radius 1 is 1.47 bits per heavy atom. The van der Waals surface area contributed by atoms with E-state index in [2.05, 4.69) is 39.1 Å². The average Bonchev–Trinajstić information content (AvgIpc) is 2.81. The molecular formula is C14H23NOS. The van der Waals surface area contributed by atoms with Gasteiger partial charge in [-0.1, -0.05) is 0 Å². The third-order valence-corrected chi connectivity index (χ3v) is 4.50. The fourth-order valence-electron chi connectivity index (χ4n) is 2.53. The molecule has 0 amide bonds. The average molecular weight is 253 g/mol. The molecule has 96 valence electrons. The van der Waals surface area contributed by atoms with Crippen LogP contribution in [0.15, 0.2) is 6.07 Å². The molecule has 1 fully saturated rings. The molecule has 2 nitrogen and oxygen atoms in total. The van der Waals surface area contributed by atoms with Gasteiger partial charge in [0.2, 0.25) is 0 Å². The summed E-state index contributed by atoms with van der Waals surface area (Å²) in [7, 11) is 0. The molecule has 1 aromatic rings. The zero-order valence-electron chi connectivity index (χ0n) is 11.2. The van der Waals surface area contributed by atoms with Crippen LogP contribution in [0.4, 0.5) is 0 Å². The van der Waals surface area contributed by atoms with Crippen molar-refractivity contribution in [3.63, 3.8) is 0 Å². The SMILES string of the molecule is Cc1cc(C(C)NCC2CCC(C)O2)c(C)s1. The molecule has 2 heterocycles. The van der Waals surface area contributed by atoms with Crippen LogP contribution in [0.25, 0.3) is 0 Å². The summed E-state index contributed by atoms with van der Waals surface area (Å²) in [5, 5.41) is 3.60. The summed E-state index contributed by atoms with van der Waals surface area (Å²) >= 11 is 1.88. The van der Waals surface area contributed by atoms with Crippen molar-refractivity contribution in [3.05, 3.63) is 21.4 Å². The summed E-state index contributed by atoms with van der Waals surface area (Å²) in [6.45, 7) is 9.76. The second kappa shape index (κ2) is 5.51. The molecule has 2 rings (SSSR count). The Kier molecular flexibility index (Phi) is 4.23. The summed E-state index contributed by atoms with van der Waals surface area (Å²) in [5.74, 6) is 0. The largest absolute Gasteiger partial charge is 0.374 e. The third-order valence-electron chi connectivity index (χ3n) is 3.52. The third kappa shape index (κ3) is 3.30. The first-order valence-corrected chi connectivity index (χ1v) is 7.33. The zero-order chi connectivity index (χ0) is 12.4. The lowest BCUT2D eigenvalue weighted by Crippen LogP contribution is -2.29. The van der Waals surface area contributed by atoms with E-state index in [9.17, 15) is 0 Å². The van der Waals surface area contributed by atoms with Crippen molar-refractivity contribution in [3.8, 4) is 0 Å². The Bertz CT molecular complexity index is 374. The van der Waals surface area contributed by atoms with E-state index in [4.69, 9.17) is 4.74 Å². The quantitative estimate of drug-likeness (QED) is 0.885. The van der Waals surface area contributed by atoms with E-state index in [1.165, 1.54) is 28.2 Å². The Morgan fingerprint density at radius 3 is 2.76 bits per heavy atom. The molecule has 17 heavy (non-hydrogen) atoms. The lowest BCUT2D eigenvalue weighted by molar-refractivity contribution is 0.0546. The Hall–Kier alpha value is -0.380. The summed E-state index contributed by atoms with van der Waals surface area (Å²) < 4.78 is 5.82. The molecule has 0 radical (unpaired) electrons. The van der Waals surface area contributed by atoms with E-state index in [0.717, 1.165) is 6.54 Å². The number of rotatable bonds is 4. The van der Waals surface area contributed by atoms with Crippen LogP contribution in [-0.4, -0.2) is 18.8 Å². The first-order valence-electron chi connectivity index (χ1n) is 6.52. The number of hydrogen-bond acceptors (Lipinski definition) is 3. The van der Waals surface area contributed by atoms with Gasteiger partial charge in [0, 0.05) is 22.3 Å². The maximum atomic E-state index is 5.82. The topological polar surface area (TPSA) is 21.3 Å². The van der Waals surface area contributed by atoms with Gasteiger partial charge in [0.15, 0.2) is 0 Å². The van der Waals surface area contributed by atoms with Crippen molar-refractivity contribution < 1.29 is 4.74 Å². The monoisotopic (exact) mass is 253 g/mol. The van der Waals surface area contributed by atoms with Gasteiger partial charge in [0.1, 0.15) is 0 Å². The van der Waals surface area contributed by atoms with Gasteiger partial charge in [-0.3, -0.25) is 0 Å². The first-order chi connectivity index (χ1) is 8.06.